The van der Waals surface area contributed by atoms with Crippen molar-refractivity contribution < 1.29 is 9.53 Å². The number of hydrogen-bond acceptors (Lipinski definition) is 6. The number of carbonyl (C=O) groups excluding carboxylic acids is 1. The third-order valence-electron chi connectivity index (χ3n) is 4.60. The van der Waals surface area contributed by atoms with Crippen molar-refractivity contribution in [2.75, 3.05) is 25.5 Å². The molecule has 0 aliphatic carbocycles. The van der Waals surface area contributed by atoms with E-state index < -0.39 is 0 Å². The van der Waals surface area contributed by atoms with Crippen LogP contribution in [0.4, 0.5) is 10.6 Å². The molecule has 8 heteroatoms. The highest BCUT2D eigenvalue weighted by atomic mass is 16.5. The second kappa shape index (κ2) is 6.99. The molecule has 1 N–H and O–H groups in total. The summed E-state index contributed by atoms with van der Waals surface area (Å²) in [4.78, 5) is 22.2. The minimum absolute atomic E-state index is 0.245. The van der Waals surface area contributed by atoms with E-state index in [1.54, 1.807) is 9.42 Å². The van der Waals surface area contributed by atoms with Crippen molar-refractivity contribution >= 4 is 17.7 Å². The van der Waals surface area contributed by atoms with Crippen LogP contribution in [0.25, 0.3) is 17.0 Å². The maximum absolute atomic E-state index is 11.6. The summed E-state index contributed by atoms with van der Waals surface area (Å²) in [5, 5.41) is 7.81. The standard InChI is InChI=1S/C18H20N6O2/c1-26-18(25)23-9-7-14(8-10-23)21-16-11-15(13-5-3-2-4-6-13)22-17-19-12-20-24(16)17/h2-6,11-12,14,21H,7-10H2,1H3. The number of piperidine rings is 1. The van der Waals surface area contributed by atoms with Crippen LogP contribution in [0.15, 0.2) is 42.7 Å². The first-order valence-electron chi connectivity index (χ1n) is 8.60. The molecular weight excluding hydrogens is 332 g/mol. The summed E-state index contributed by atoms with van der Waals surface area (Å²) in [6, 6.07) is 12.2. The number of rotatable bonds is 3. The number of methoxy groups -OCH3 is 1. The van der Waals surface area contributed by atoms with Crippen molar-refractivity contribution in [3.8, 4) is 11.3 Å². The quantitative estimate of drug-likeness (QED) is 0.779. The number of hydrogen-bond donors (Lipinski definition) is 1. The van der Waals surface area contributed by atoms with Crippen molar-refractivity contribution in [1.29, 1.82) is 0 Å². The van der Waals surface area contributed by atoms with Crippen LogP contribution < -0.4 is 5.32 Å². The molecule has 3 aromatic rings. The molecule has 0 unspecified atom stereocenters. The normalized spacial score (nSPS) is 15.2. The average molecular weight is 352 g/mol. The Kier molecular flexibility index (Phi) is 4.39. The van der Waals surface area contributed by atoms with Crippen molar-refractivity contribution in [3.05, 3.63) is 42.7 Å². The zero-order valence-corrected chi connectivity index (χ0v) is 14.5. The molecule has 3 heterocycles. The maximum Gasteiger partial charge on any atom is 0.409 e. The molecule has 2 aromatic heterocycles. The first kappa shape index (κ1) is 16.3. The Bertz CT molecular complexity index is 902. The van der Waals surface area contributed by atoms with Gasteiger partial charge in [0.15, 0.2) is 0 Å². The number of nitrogens with zero attached hydrogens (tertiary/aromatic N) is 5. The SMILES string of the molecule is COC(=O)N1CCC(Nc2cc(-c3ccccc3)nc3ncnn23)CC1. The van der Waals surface area contributed by atoms with Gasteiger partial charge in [-0.3, -0.25) is 0 Å². The second-order valence-corrected chi connectivity index (χ2v) is 6.24. The molecule has 8 nitrogen and oxygen atoms in total. The maximum atomic E-state index is 11.6. The molecule has 0 spiro atoms. The van der Waals surface area contributed by atoms with Crippen LogP contribution in [-0.2, 0) is 4.74 Å². The fourth-order valence-corrected chi connectivity index (χ4v) is 3.22. The van der Waals surface area contributed by atoms with Crippen LogP contribution >= 0.6 is 0 Å². The van der Waals surface area contributed by atoms with Crippen molar-refractivity contribution in [2.24, 2.45) is 0 Å². The molecule has 1 fully saturated rings. The van der Waals surface area contributed by atoms with Gasteiger partial charge in [0, 0.05) is 30.8 Å². The molecule has 1 aliphatic heterocycles. The summed E-state index contributed by atoms with van der Waals surface area (Å²) in [5.41, 5.74) is 1.88. The van der Waals surface area contributed by atoms with Crippen LogP contribution in [0.2, 0.25) is 0 Å². The minimum atomic E-state index is -0.266. The fourth-order valence-electron chi connectivity index (χ4n) is 3.22. The van der Waals surface area contributed by atoms with Gasteiger partial charge in [-0.25, -0.2) is 9.78 Å². The zero-order chi connectivity index (χ0) is 17.9. The Morgan fingerprint density at radius 3 is 2.73 bits per heavy atom. The molecular formula is C18H20N6O2. The lowest BCUT2D eigenvalue weighted by atomic mass is 10.1. The molecule has 1 amide bonds. The predicted octanol–water partition coefficient (Wildman–Crippen LogP) is 2.43. The number of carbonyl (C=O) groups is 1. The lowest BCUT2D eigenvalue weighted by molar-refractivity contribution is 0.113. The Morgan fingerprint density at radius 1 is 1.23 bits per heavy atom. The first-order chi connectivity index (χ1) is 12.7. The second-order valence-electron chi connectivity index (χ2n) is 6.24. The molecule has 0 radical (unpaired) electrons. The van der Waals surface area contributed by atoms with E-state index in [1.807, 2.05) is 36.4 Å². The Hall–Kier alpha value is -3.16. The van der Waals surface area contributed by atoms with Gasteiger partial charge in [0.05, 0.1) is 12.8 Å². The fraction of sp³-hybridized carbons (Fsp3) is 0.333. The van der Waals surface area contributed by atoms with E-state index in [0.29, 0.717) is 18.9 Å². The molecule has 0 saturated carbocycles. The highest BCUT2D eigenvalue weighted by molar-refractivity contribution is 5.67. The number of benzene rings is 1. The van der Waals surface area contributed by atoms with Gasteiger partial charge in [-0.1, -0.05) is 30.3 Å². The van der Waals surface area contributed by atoms with Crippen molar-refractivity contribution in [1.82, 2.24) is 24.5 Å². The number of anilines is 1. The Labute approximate surface area is 150 Å². The van der Waals surface area contributed by atoms with E-state index in [9.17, 15) is 4.79 Å². The van der Waals surface area contributed by atoms with Gasteiger partial charge < -0.3 is 15.0 Å². The molecule has 4 rings (SSSR count). The third-order valence-corrected chi connectivity index (χ3v) is 4.60. The van der Waals surface area contributed by atoms with Gasteiger partial charge in [-0.2, -0.15) is 14.6 Å². The van der Waals surface area contributed by atoms with E-state index in [-0.39, 0.29) is 12.1 Å². The number of aromatic nitrogens is 4. The number of fused-ring (bicyclic) bond motifs is 1. The summed E-state index contributed by atoms with van der Waals surface area (Å²) in [7, 11) is 1.41. The third kappa shape index (κ3) is 3.17. The highest BCUT2D eigenvalue weighted by Gasteiger charge is 2.24. The topological polar surface area (TPSA) is 84.6 Å². The van der Waals surface area contributed by atoms with E-state index in [1.165, 1.54) is 13.4 Å². The molecule has 26 heavy (non-hydrogen) atoms. The monoisotopic (exact) mass is 352 g/mol. The Morgan fingerprint density at radius 2 is 2.00 bits per heavy atom. The summed E-state index contributed by atoms with van der Waals surface area (Å²) < 4.78 is 6.50. The van der Waals surface area contributed by atoms with E-state index >= 15 is 0 Å². The van der Waals surface area contributed by atoms with Crippen molar-refractivity contribution in [3.63, 3.8) is 0 Å². The molecule has 0 bridgehead atoms. The van der Waals surface area contributed by atoms with Gasteiger partial charge in [-0.05, 0) is 12.8 Å². The van der Waals surface area contributed by atoms with Crippen LogP contribution in [0.5, 0.6) is 0 Å². The van der Waals surface area contributed by atoms with Gasteiger partial charge >= 0.3 is 6.09 Å². The summed E-state index contributed by atoms with van der Waals surface area (Å²) in [6.07, 6.45) is 2.92. The van der Waals surface area contributed by atoms with Crippen LogP contribution in [-0.4, -0.2) is 56.8 Å². The molecule has 1 aromatic carbocycles. The molecule has 134 valence electrons. The van der Waals surface area contributed by atoms with E-state index in [2.05, 4.69) is 20.4 Å². The summed E-state index contributed by atoms with van der Waals surface area (Å²) in [5.74, 6) is 1.41. The largest absolute Gasteiger partial charge is 0.453 e. The molecule has 0 atom stereocenters. The zero-order valence-electron chi connectivity index (χ0n) is 14.5. The van der Waals surface area contributed by atoms with Gasteiger partial charge in [0.2, 0.25) is 0 Å². The number of amides is 1. The minimum Gasteiger partial charge on any atom is -0.453 e. The number of nitrogens with one attached hydrogen (secondary N) is 1. The smallest absolute Gasteiger partial charge is 0.409 e. The number of likely N-dealkylation sites (tertiary alicyclic amines) is 1. The van der Waals surface area contributed by atoms with Gasteiger partial charge in [0.25, 0.3) is 5.78 Å². The Balaban J connectivity index is 1.57. The molecule has 1 aliphatic rings. The molecule has 1 saturated heterocycles. The predicted molar refractivity (Wildman–Crippen MR) is 96.8 cm³/mol. The van der Waals surface area contributed by atoms with Crippen LogP contribution in [0.1, 0.15) is 12.8 Å². The lowest BCUT2D eigenvalue weighted by Crippen LogP contribution is -2.42. The van der Waals surface area contributed by atoms with E-state index in [4.69, 9.17) is 4.74 Å². The first-order valence-corrected chi connectivity index (χ1v) is 8.60. The van der Waals surface area contributed by atoms with Gasteiger partial charge in [0.1, 0.15) is 12.1 Å². The lowest BCUT2D eigenvalue weighted by Gasteiger charge is -2.31. The highest BCUT2D eigenvalue weighted by Crippen LogP contribution is 2.23. The van der Waals surface area contributed by atoms with Gasteiger partial charge in [-0.15, -0.1) is 0 Å². The van der Waals surface area contributed by atoms with E-state index in [0.717, 1.165) is 29.9 Å². The number of ether oxygens (including phenoxy) is 1. The average Bonchev–Trinajstić information content (AvgIpc) is 3.17. The van der Waals surface area contributed by atoms with Crippen LogP contribution in [0.3, 0.4) is 0 Å². The van der Waals surface area contributed by atoms with Crippen molar-refractivity contribution in [2.45, 2.75) is 18.9 Å². The summed E-state index contributed by atoms with van der Waals surface area (Å²) in [6.45, 7) is 1.34. The van der Waals surface area contributed by atoms with Crippen LogP contribution in [0, 0.1) is 0 Å². The summed E-state index contributed by atoms with van der Waals surface area (Å²) >= 11 is 0.